The Labute approximate surface area is 209 Å². The number of nitrogens with zero attached hydrogens (tertiary/aromatic N) is 1. The van der Waals surface area contributed by atoms with Crippen LogP contribution in [0.25, 0.3) is 11.1 Å². The van der Waals surface area contributed by atoms with Gasteiger partial charge in [-0.15, -0.1) is 11.8 Å². The van der Waals surface area contributed by atoms with E-state index >= 15 is 0 Å². The Morgan fingerprint density at radius 1 is 1.09 bits per heavy atom. The zero-order valence-electron chi connectivity index (χ0n) is 19.7. The quantitative estimate of drug-likeness (QED) is 0.584. The van der Waals surface area contributed by atoms with Crippen LogP contribution in [0.4, 0.5) is 4.79 Å². The van der Waals surface area contributed by atoms with Crippen LogP contribution in [-0.2, 0) is 14.3 Å². The standard InChI is InChI=1S/C27H30N2O5S/c1-2-24-29(22(16-35-24)25(31)32)23(30)14-27(12-7-13-27)28-26(33)34-15-21-19-10-5-3-8-17(19)18-9-4-6-11-20(18)21/h3-6,8-11,21-22,24H,2,7,12-16H2,1H3,(H,28,33)(H,31,32). The Hall–Kier alpha value is -3.00. The van der Waals surface area contributed by atoms with Crippen LogP contribution in [0.5, 0.6) is 0 Å². The van der Waals surface area contributed by atoms with Crippen LogP contribution in [-0.4, -0.2) is 57.3 Å². The van der Waals surface area contributed by atoms with E-state index in [0.717, 1.165) is 17.5 Å². The number of carbonyl (C=O) groups is 3. The first-order valence-corrected chi connectivity index (χ1v) is 13.3. The molecule has 2 aliphatic carbocycles. The van der Waals surface area contributed by atoms with Gasteiger partial charge in [0.2, 0.25) is 5.91 Å². The monoisotopic (exact) mass is 494 g/mol. The predicted molar refractivity (Wildman–Crippen MR) is 134 cm³/mol. The Kier molecular flexibility index (Phi) is 6.49. The van der Waals surface area contributed by atoms with Crippen molar-refractivity contribution in [1.82, 2.24) is 10.2 Å². The molecule has 1 saturated heterocycles. The number of alkyl carbamates (subject to hydrolysis) is 1. The van der Waals surface area contributed by atoms with Gasteiger partial charge in [0.05, 0.1) is 17.3 Å². The minimum absolute atomic E-state index is 0.0321. The van der Waals surface area contributed by atoms with Gasteiger partial charge in [-0.05, 0) is 47.9 Å². The van der Waals surface area contributed by atoms with Gasteiger partial charge in [-0.1, -0.05) is 55.5 Å². The fraction of sp³-hybridized carbons (Fsp3) is 0.444. The summed E-state index contributed by atoms with van der Waals surface area (Å²) in [6.45, 7) is 2.17. The first-order chi connectivity index (χ1) is 16.9. The highest BCUT2D eigenvalue weighted by Crippen LogP contribution is 2.44. The lowest BCUT2D eigenvalue weighted by molar-refractivity contribution is -0.150. The average molecular weight is 495 g/mol. The predicted octanol–water partition coefficient (Wildman–Crippen LogP) is 4.60. The summed E-state index contributed by atoms with van der Waals surface area (Å²) in [4.78, 5) is 39.3. The average Bonchev–Trinajstić information content (AvgIpc) is 3.41. The zero-order valence-corrected chi connectivity index (χ0v) is 20.6. The first-order valence-electron chi connectivity index (χ1n) is 12.2. The normalized spacial score (nSPS) is 22.1. The number of rotatable bonds is 7. The van der Waals surface area contributed by atoms with Crippen molar-refractivity contribution in [2.45, 2.75) is 61.9 Å². The largest absolute Gasteiger partial charge is 0.480 e. The van der Waals surface area contributed by atoms with E-state index in [1.54, 1.807) is 0 Å². The summed E-state index contributed by atoms with van der Waals surface area (Å²) in [5, 5.41) is 12.4. The molecule has 1 heterocycles. The van der Waals surface area contributed by atoms with Crippen LogP contribution in [0.3, 0.4) is 0 Å². The summed E-state index contributed by atoms with van der Waals surface area (Å²) in [6, 6.07) is 15.5. The van der Waals surface area contributed by atoms with E-state index in [2.05, 4.69) is 29.6 Å². The lowest BCUT2D eigenvalue weighted by Crippen LogP contribution is -2.57. The molecule has 5 rings (SSSR count). The molecule has 2 unspecified atom stereocenters. The Morgan fingerprint density at radius 3 is 2.26 bits per heavy atom. The van der Waals surface area contributed by atoms with Gasteiger partial charge in [-0.3, -0.25) is 4.79 Å². The summed E-state index contributed by atoms with van der Waals surface area (Å²) in [6.07, 6.45) is 2.52. The van der Waals surface area contributed by atoms with Crippen molar-refractivity contribution in [1.29, 1.82) is 0 Å². The molecule has 0 bridgehead atoms. The molecule has 0 aromatic heterocycles. The minimum Gasteiger partial charge on any atom is -0.480 e. The lowest BCUT2D eigenvalue weighted by Gasteiger charge is -2.43. The van der Waals surface area contributed by atoms with E-state index in [4.69, 9.17) is 4.74 Å². The van der Waals surface area contributed by atoms with Crippen LogP contribution < -0.4 is 5.32 Å². The SMILES string of the molecule is CCC1SCC(C(=O)O)N1C(=O)CC1(NC(=O)OCC2c3ccccc3-c3ccccc32)CCC1. The third-order valence-electron chi connectivity index (χ3n) is 7.53. The highest BCUT2D eigenvalue weighted by molar-refractivity contribution is 8.00. The number of carbonyl (C=O) groups excluding carboxylic acids is 2. The number of thioether (sulfide) groups is 1. The molecule has 7 nitrogen and oxygen atoms in total. The van der Waals surface area contributed by atoms with E-state index in [9.17, 15) is 19.5 Å². The highest BCUT2D eigenvalue weighted by atomic mass is 32.2. The molecular formula is C27H30N2O5S. The molecule has 2 aromatic rings. The maximum Gasteiger partial charge on any atom is 0.407 e. The number of hydrogen-bond acceptors (Lipinski definition) is 5. The molecule has 3 aliphatic rings. The third kappa shape index (κ3) is 4.40. The number of aliphatic carboxylic acids is 1. The molecule has 2 amide bonds. The first kappa shape index (κ1) is 23.7. The number of carboxylic acid groups (broad SMARTS) is 1. The second kappa shape index (κ2) is 9.57. The van der Waals surface area contributed by atoms with Gasteiger partial charge in [-0.2, -0.15) is 0 Å². The second-order valence-corrected chi connectivity index (χ2v) is 10.8. The lowest BCUT2D eigenvalue weighted by atomic mass is 9.74. The number of hydrogen-bond donors (Lipinski definition) is 2. The number of carboxylic acids is 1. The zero-order chi connectivity index (χ0) is 24.6. The van der Waals surface area contributed by atoms with Crippen molar-refractivity contribution in [3.63, 3.8) is 0 Å². The van der Waals surface area contributed by atoms with Crippen molar-refractivity contribution in [3.05, 3.63) is 59.7 Å². The second-order valence-electron chi connectivity index (χ2n) is 9.61. The molecule has 2 fully saturated rings. The summed E-state index contributed by atoms with van der Waals surface area (Å²) in [5.41, 5.74) is 3.95. The number of ether oxygens (including phenoxy) is 1. The van der Waals surface area contributed by atoms with Crippen LogP contribution in [0.1, 0.15) is 56.1 Å². The van der Waals surface area contributed by atoms with Gasteiger partial charge in [-0.25, -0.2) is 9.59 Å². The Balaban J connectivity index is 1.24. The summed E-state index contributed by atoms with van der Waals surface area (Å²) in [7, 11) is 0. The van der Waals surface area contributed by atoms with Crippen LogP contribution in [0, 0.1) is 0 Å². The minimum atomic E-state index is -0.978. The summed E-state index contributed by atoms with van der Waals surface area (Å²) >= 11 is 1.50. The maximum absolute atomic E-state index is 13.2. The van der Waals surface area contributed by atoms with Crippen LogP contribution in [0.2, 0.25) is 0 Å². The molecule has 2 N–H and O–H groups in total. The molecule has 2 aromatic carbocycles. The van der Waals surface area contributed by atoms with Crippen LogP contribution in [0.15, 0.2) is 48.5 Å². The highest BCUT2D eigenvalue weighted by Gasteiger charge is 2.46. The van der Waals surface area contributed by atoms with Gasteiger partial charge in [0.1, 0.15) is 12.6 Å². The fourth-order valence-electron chi connectivity index (χ4n) is 5.58. The van der Waals surface area contributed by atoms with Crippen molar-refractivity contribution >= 4 is 29.7 Å². The smallest absolute Gasteiger partial charge is 0.407 e. The van der Waals surface area contributed by atoms with Gasteiger partial charge in [0.15, 0.2) is 0 Å². The van der Waals surface area contributed by atoms with E-state index in [1.165, 1.54) is 27.8 Å². The van der Waals surface area contributed by atoms with Crippen molar-refractivity contribution in [3.8, 4) is 11.1 Å². The summed E-state index contributed by atoms with van der Waals surface area (Å²) in [5.74, 6) is -0.830. The number of amides is 2. The topological polar surface area (TPSA) is 95.9 Å². The van der Waals surface area contributed by atoms with Crippen LogP contribution >= 0.6 is 11.8 Å². The van der Waals surface area contributed by atoms with Crippen molar-refractivity contribution < 1.29 is 24.2 Å². The van der Waals surface area contributed by atoms with Crippen molar-refractivity contribution in [2.75, 3.05) is 12.4 Å². The summed E-state index contributed by atoms with van der Waals surface area (Å²) < 4.78 is 5.71. The molecular weight excluding hydrogens is 464 g/mol. The Morgan fingerprint density at radius 2 is 1.71 bits per heavy atom. The van der Waals surface area contributed by atoms with Crippen molar-refractivity contribution in [2.24, 2.45) is 0 Å². The molecule has 1 saturated carbocycles. The number of benzene rings is 2. The molecule has 1 aliphatic heterocycles. The Bertz CT molecular complexity index is 1100. The van der Waals surface area contributed by atoms with E-state index in [-0.39, 0.29) is 30.2 Å². The molecule has 35 heavy (non-hydrogen) atoms. The number of nitrogens with one attached hydrogen (secondary N) is 1. The molecule has 2 atom stereocenters. The fourth-order valence-corrected chi connectivity index (χ4v) is 6.95. The maximum atomic E-state index is 13.2. The van der Waals surface area contributed by atoms with Gasteiger partial charge < -0.3 is 20.1 Å². The molecule has 8 heteroatoms. The molecule has 0 radical (unpaired) electrons. The van der Waals surface area contributed by atoms with E-state index < -0.39 is 23.6 Å². The van der Waals surface area contributed by atoms with Gasteiger partial charge in [0.25, 0.3) is 0 Å². The number of fused-ring (bicyclic) bond motifs is 3. The molecule has 184 valence electrons. The van der Waals surface area contributed by atoms with E-state index in [0.29, 0.717) is 25.0 Å². The molecule has 0 spiro atoms. The van der Waals surface area contributed by atoms with E-state index in [1.807, 2.05) is 31.2 Å². The third-order valence-corrected chi connectivity index (χ3v) is 8.98. The van der Waals surface area contributed by atoms with Gasteiger partial charge in [0, 0.05) is 11.7 Å². The van der Waals surface area contributed by atoms with Gasteiger partial charge >= 0.3 is 12.1 Å².